The number of nitrogens with zero attached hydrogens (tertiary/aromatic N) is 5. The van der Waals surface area contributed by atoms with Gasteiger partial charge in [0.05, 0.1) is 5.41 Å². The van der Waals surface area contributed by atoms with Gasteiger partial charge in [-0.1, -0.05) is 6.07 Å². The largest absolute Gasteiger partial charge is 0.342 e. The molecule has 8 nitrogen and oxygen atoms in total. The third-order valence-corrected chi connectivity index (χ3v) is 5.83. The van der Waals surface area contributed by atoms with Crippen LogP contribution in [0.1, 0.15) is 42.9 Å². The van der Waals surface area contributed by atoms with Crippen molar-refractivity contribution < 1.29 is 9.59 Å². The van der Waals surface area contributed by atoms with E-state index in [1.165, 1.54) is 0 Å². The Morgan fingerprint density at radius 3 is 2.96 bits per heavy atom. The molecular formula is C20H26N6O2. The summed E-state index contributed by atoms with van der Waals surface area (Å²) in [6.45, 7) is 4.38. The van der Waals surface area contributed by atoms with Gasteiger partial charge in [0.2, 0.25) is 11.8 Å². The minimum absolute atomic E-state index is 0.0801. The van der Waals surface area contributed by atoms with Crippen LogP contribution in [-0.4, -0.2) is 61.4 Å². The van der Waals surface area contributed by atoms with Gasteiger partial charge in [-0.25, -0.2) is 4.98 Å². The number of aromatic nitrogens is 4. The minimum atomic E-state index is -0.419. The predicted molar refractivity (Wildman–Crippen MR) is 102 cm³/mol. The summed E-state index contributed by atoms with van der Waals surface area (Å²) in [6, 6.07) is 3.89. The van der Waals surface area contributed by atoms with Gasteiger partial charge in [-0.15, -0.1) is 0 Å². The molecule has 0 saturated carbocycles. The Bertz CT molecular complexity index is 851. The molecule has 0 aliphatic carbocycles. The quantitative estimate of drug-likeness (QED) is 0.845. The Labute approximate surface area is 164 Å². The smallest absolute Gasteiger partial charge is 0.230 e. The molecular weight excluding hydrogens is 356 g/mol. The number of hydrogen-bond acceptors (Lipinski definition) is 5. The maximum absolute atomic E-state index is 13.2. The summed E-state index contributed by atoms with van der Waals surface area (Å²) in [5.41, 5.74) is 0.623. The molecule has 2 aliphatic rings. The molecule has 8 heteroatoms. The Balaban J connectivity index is 1.37. The van der Waals surface area contributed by atoms with Crippen LogP contribution in [0, 0.1) is 12.3 Å². The lowest BCUT2D eigenvalue weighted by atomic mass is 9.78. The van der Waals surface area contributed by atoms with Crippen molar-refractivity contribution in [3.63, 3.8) is 0 Å². The van der Waals surface area contributed by atoms with Crippen molar-refractivity contribution >= 4 is 11.8 Å². The van der Waals surface area contributed by atoms with E-state index in [-0.39, 0.29) is 11.8 Å². The van der Waals surface area contributed by atoms with Gasteiger partial charge in [-0.3, -0.25) is 19.7 Å². The summed E-state index contributed by atoms with van der Waals surface area (Å²) in [5, 5.41) is 6.89. The van der Waals surface area contributed by atoms with E-state index in [4.69, 9.17) is 0 Å². The number of nitrogens with one attached hydrogen (secondary N) is 1. The second kappa shape index (κ2) is 7.69. The number of piperidine rings is 1. The Morgan fingerprint density at radius 2 is 2.21 bits per heavy atom. The van der Waals surface area contributed by atoms with E-state index in [1.807, 2.05) is 35.1 Å². The predicted octanol–water partition coefficient (Wildman–Crippen LogP) is 1.48. The molecule has 28 heavy (non-hydrogen) atoms. The Kier molecular flexibility index (Phi) is 5.11. The number of aryl methyl sites for hydroxylation is 2. The summed E-state index contributed by atoms with van der Waals surface area (Å²) in [4.78, 5) is 38.1. The van der Waals surface area contributed by atoms with Gasteiger partial charge in [0.15, 0.2) is 5.82 Å². The van der Waals surface area contributed by atoms with E-state index >= 15 is 0 Å². The van der Waals surface area contributed by atoms with E-state index in [1.54, 1.807) is 6.20 Å². The summed E-state index contributed by atoms with van der Waals surface area (Å²) in [5.74, 6) is 1.68. The number of hydrogen-bond donors (Lipinski definition) is 1. The minimum Gasteiger partial charge on any atom is -0.342 e. The number of aromatic amines is 1. The molecule has 4 heterocycles. The van der Waals surface area contributed by atoms with Crippen molar-refractivity contribution in [2.24, 2.45) is 5.41 Å². The van der Waals surface area contributed by atoms with Crippen LogP contribution < -0.4 is 0 Å². The van der Waals surface area contributed by atoms with Gasteiger partial charge in [-0.05, 0) is 37.8 Å². The maximum atomic E-state index is 13.2. The van der Waals surface area contributed by atoms with Gasteiger partial charge < -0.3 is 9.80 Å². The van der Waals surface area contributed by atoms with Gasteiger partial charge in [0, 0.05) is 51.4 Å². The molecule has 148 valence electrons. The van der Waals surface area contributed by atoms with Crippen LogP contribution in [0.4, 0.5) is 0 Å². The van der Waals surface area contributed by atoms with Crippen molar-refractivity contribution in [2.45, 2.75) is 45.6 Å². The first-order chi connectivity index (χ1) is 13.6. The number of rotatable bonds is 5. The number of amides is 2. The third kappa shape index (κ3) is 3.76. The first-order valence-electron chi connectivity index (χ1n) is 9.90. The van der Waals surface area contributed by atoms with Gasteiger partial charge >= 0.3 is 0 Å². The molecule has 1 unspecified atom stereocenters. The molecule has 4 rings (SSSR count). The lowest BCUT2D eigenvalue weighted by Crippen LogP contribution is -2.50. The molecule has 1 spiro atoms. The van der Waals surface area contributed by atoms with Crippen LogP contribution >= 0.6 is 0 Å². The summed E-state index contributed by atoms with van der Waals surface area (Å²) in [7, 11) is 0. The first-order valence-corrected chi connectivity index (χ1v) is 9.90. The van der Waals surface area contributed by atoms with Crippen LogP contribution in [0.2, 0.25) is 0 Å². The standard InChI is InChI=1S/C20H26N6O2/c1-15-22-17(24-23-15)5-6-18(27)26-11-8-20(14-26)7-3-10-25(19(20)28)13-16-4-2-9-21-12-16/h2,4,9,12H,3,5-8,10-11,13-14H2,1H3,(H,22,23,24). The molecule has 1 N–H and O–H groups in total. The van der Waals surface area contributed by atoms with E-state index < -0.39 is 5.41 Å². The van der Waals surface area contributed by atoms with Crippen molar-refractivity contribution in [3.05, 3.63) is 41.7 Å². The summed E-state index contributed by atoms with van der Waals surface area (Å²) in [6.07, 6.45) is 7.03. The van der Waals surface area contributed by atoms with Crippen molar-refractivity contribution in [3.8, 4) is 0 Å². The van der Waals surface area contributed by atoms with Crippen LogP contribution in [-0.2, 0) is 22.6 Å². The van der Waals surface area contributed by atoms with E-state index in [0.29, 0.717) is 38.3 Å². The number of likely N-dealkylation sites (tertiary alicyclic amines) is 2. The Hall–Kier alpha value is -2.77. The normalized spacial score (nSPS) is 22.2. The molecule has 2 aliphatic heterocycles. The van der Waals surface area contributed by atoms with Gasteiger partial charge in [0.25, 0.3) is 0 Å². The summed E-state index contributed by atoms with van der Waals surface area (Å²) >= 11 is 0. The zero-order valence-corrected chi connectivity index (χ0v) is 16.2. The molecule has 2 aromatic rings. The molecule has 0 bridgehead atoms. The van der Waals surface area contributed by atoms with Crippen LogP contribution in [0.25, 0.3) is 0 Å². The Morgan fingerprint density at radius 1 is 1.32 bits per heavy atom. The van der Waals surface area contributed by atoms with Gasteiger partial charge in [-0.2, -0.15) is 5.10 Å². The van der Waals surface area contributed by atoms with E-state index in [2.05, 4.69) is 20.2 Å². The van der Waals surface area contributed by atoms with E-state index in [0.717, 1.165) is 37.2 Å². The topological polar surface area (TPSA) is 95.1 Å². The van der Waals surface area contributed by atoms with Crippen molar-refractivity contribution in [1.29, 1.82) is 0 Å². The lowest BCUT2D eigenvalue weighted by Gasteiger charge is -2.39. The van der Waals surface area contributed by atoms with Crippen LogP contribution in [0.15, 0.2) is 24.5 Å². The SMILES string of the molecule is Cc1nc(CCC(=O)N2CCC3(CCCN(Cc4cccnc4)C3=O)C2)n[nH]1. The monoisotopic (exact) mass is 382 g/mol. The molecule has 1 atom stereocenters. The number of carbonyl (C=O) groups is 2. The summed E-state index contributed by atoms with van der Waals surface area (Å²) < 4.78 is 0. The number of pyridine rings is 1. The van der Waals surface area contributed by atoms with Crippen LogP contribution in [0.5, 0.6) is 0 Å². The number of carbonyl (C=O) groups excluding carboxylic acids is 2. The molecule has 2 aromatic heterocycles. The fraction of sp³-hybridized carbons (Fsp3) is 0.550. The average Bonchev–Trinajstić information content (AvgIpc) is 3.32. The second-order valence-electron chi connectivity index (χ2n) is 7.87. The highest BCUT2D eigenvalue weighted by molar-refractivity contribution is 5.86. The van der Waals surface area contributed by atoms with Crippen molar-refractivity contribution in [1.82, 2.24) is 30.0 Å². The van der Waals surface area contributed by atoms with E-state index in [9.17, 15) is 9.59 Å². The highest BCUT2D eigenvalue weighted by Gasteiger charge is 2.49. The molecule has 0 radical (unpaired) electrons. The maximum Gasteiger partial charge on any atom is 0.230 e. The molecule has 2 saturated heterocycles. The molecule has 2 fully saturated rings. The highest BCUT2D eigenvalue weighted by atomic mass is 16.2. The zero-order chi connectivity index (χ0) is 19.6. The molecule has 0 aromatic carbocycles. The zero-order valence-electron chi connectivity index (χ0n) is 16.2. The fourth-order valence-corrected chi connectivity index (χ4v) is 4.36. The van der Waals surface area contributed by atoms with Crippen LogP contribution in [0.3, 0.4) is 0 Å². The lowest BCUT2D eigenvalue weighted by molar-refractivity contribution is -0.146. The average molecular weight is 382 g/mol. The highest BCUT2D eigenvalue weighted by Crippen LogP contribution is 2.40. The third-order valence-electron chi connectivity index (χ3n) is 5.83. The number of H-pyrrole nitrogens is 1. The molecule has 2 amide bonds. The van der Waals surface area contributed by atoms with Crippen molar-refractivity contribution in [2.75, 3.05) is 19.6 Å². The fourth-order valence-electron chi connectivity index (χ4n) is 4.36. The van der Waals surface area contributed by atoms with Gasteiger partial charge in [0.1, 0.15) is 5.82 Å². The second-order valence-corrected chi connectivity index (χ2v) is 7.87. The first kappa shape index (κ1) is 18.6.